The summed E-state index contributed by atoms with van der Waals surface area (Å²) in [5.41, 5.74) is 5.75. The molecule has 1 unspecified atom stereocenters. The van der Waals surface area contributed by atoms with Gasteiger partial charge in [0.05, 0.1) is 0 Å². The van der Waals surface area contributed by atoms with E-state index in [1.807, 2.05) is 6.07 Å². The fourth-order valence-electron chi connectivity index (χ4n) is 3.23. The number of rotatable bonds is 10. The van der Waals surface area contributed by atoms with Gasteiger partial charge >= 0.3 is 11.9 Å². The van der Waals surface area contributed by atoms with Gasteiger partial charge in [-0.15, -0.1) is 11.8 Å². The first-order valence-corrected chi connectivity index (χ1v) is 12.9. The zero-order valence-electron chi connectivity index (χ0n) is 18.5. The maximum Gasteiger partial charge on any atom is 0.353 e. The number of oxime groups is 1. The van der Waals surface area contributed by atoms with Crippen LogP contribution in [0.2, 0.25) is 0 Å². The van der Waals surface area contributed by atoms with Crippen LogP contribution < -0.4 is 11.1 Å². The Balaban J connectivity index is 1.48. The predicted molar refractivity (Wildman–Crippen MR) is 135 cm³/mol. The van der Waals surface area contributed by atoms with Gasteiger partial charge in [-0.1, -0.05) is 23.0 Å². The van der Waals surface area contributed by atoms with Crippen LogP contribution in [0, 0.1) is 0 Å². The molecule has 2 aliphatic rings. The van der Waals surface area contributed by atoms with Gasteiger partial charge in [-0.3, -0.25) is 19.5 Å². The molecule has 37 heavy (non-hydrogen) atoms. The van der Waals surface area contributed by atoms with Crippen LogP contribution in [0.5, 0.6) is 0 Å². The third-order valence-corrected chi connectivity index (χ3v) is 7.69. The van der Waals surface area contributed by atoms with E-state index in [0.29, 0.717) is 4.91 Å². The van der Waals surface area contributed by atoms with E-state index in [4.69, 9.17) is 10.8 Å². The molecule has 2 atom stereocenters. The summed E-state index contributed by atoms with van der Waals surface area (Å²) in [7, 11) is 0. The summed E-state index contributed by atoms with van der Waals surface area (Å²) in [5, 5.41) is 25.6. The third kappa shape index (κ3) is 5.89. The van der Waals surface area contributed by atoms with E-state index in [1.165, 1.54) is 23.5 Å². The molecule has 17 heteroatoms. The lowest BCUT2D eigenvalue weighted by Gasteiger charge is -2.49. The summed E-state index contributed by atoms with van der Waals surface area (Å²) in [6, 6.07) is 2.55. The number of carbonyl (C=O) groups excluding carboxylic acids is 2. The van der Waals surface area contributed by atoms with Gasteiger partial charge < -0.3 is 26.1 Å². The average Bonchev–Trinajstić information content (AvgIpc) is 3.30. The zero-order valence-corrected chi connectivity index (χ0v) is 21.0. The van der Waals surface area contributed by atoms with Crippen molar-refractivity contribution in [3.63, 3.8) is 0 Å². The van der Waals surface area contributed by atoms with Crippen molar-refractivity contribution in [2.45, 2.75) is 11.4 Å². The Labute approximate surface area is 220 Å². The summed E-state index contributed by atoms with van der Waals surface area (Å²) in [6.45, 7) is -0.826. The minimum atomic E-state index is -1.32. The normalized spacial score (nSPS) is 19.4. The van der Waals surface area contributed by atoms with Crippen LogP contribution in [-0.4, -0.2) is 82.7 Å². The van der Waals surface area contributed by atoms with Crippen molar-refractivity contribution in [1.29, 1.82) is 0 Å². The van der Waals surface area contributed by atoms with Gasteiger partial charge in [0.25, 0.3) is 11.8 Å². The van der Waals surface area contributed by atoms with E-state index < -0.39 is 47.5 Å². The van der Waals surface area contributed by atoms with Gasteiger partial charge in [-0.2, -0.15) is 9.36 Å². The number of aliphatic carboxylic acids is 2. The second-order valence-corrected chi connectivity index (χ2v) is 10.1. The Kier molecular flexibility index (Phi) is 8.04. The van der Waals surface area contributed by atoms with Crippen molar-refractivity contribution in [3.8, 4) is 0 Å². The van der Waals surface area contributed by atoms with E-state index in [1.54, 1.807) is 29.9 Å². The Morgan fingerprint density at radius 3 is 2.84 bits per heavy atom. The topological polar surface area (TPSA) is 210 Å². The number of pyridine rings is 1. The van der Waals surface area contributed by atoms with Gasteiger partial charge in [0.15, 0.2) is 5.13 Å². The third-order valence-electron chi connectivity index (χ3n) is 4.79. The van der Waals surface area contributed by atoms with E-state index in [0.717, 1.165) is 22.0 Å². The van der Waals surface area contributed by atoms with Crippen LogP contribution in [0.4, 0.5) is 5.13 Å². The number of β-lactam (4-membered cyclic amide) rings is 1. The fraction of sp³-hybridized carbons (Fsp3) is 0.200. The number of anilines is 1. The number of aromatic nitrogens is 3. The highest BCUT2D eigenvalue weighted by Crippen LogP contribution is 2.43. The second-order valence-electron chi connectivity index (χ2n) is 7.21. The van der Waals surface area contributed by atoms with Crippen LogP contribution in [0.3, 0.4) is 0 Å². The number of amides is 2. The summed E-state index contributed by atoms with van der Waals surface area (Å²) in [5.74, 6) is -4.06. The molecule has 2 aromatic rings. The molecule has 0 spiro atoms. The molecule has 2 aromatic heterocycles. The molecule has 0 radical (unpaired) electrons. The molecule has 1 fully saturated rings. The van der Waals surface area contributed by atoms with Crippen molar-refractivity contribution in [2.75, 3.05) is 18.1 Å². The van der Waals surface area contributed by atoms with Gasteiger partial charge in [-0.25, -0.2) is 9.59 Å². The number of nitrogen functional groups attached to an aromatic ring is 1. The predicted octanol–water partition coefficient (Wildman–Crippen LogP) is 0.421. The van der Waals surface area contributed by atoms with Gasteiger partial charge in [-0.05, 0) is 23.1 Å². The first-order chi connectivity index (χ1) is 17.8. The first kappa shape index (κ1) is 26.1. The smallest absolute Gasteiger partial charge is 0.353 e. The molecule has 4 heterocycles. The summed E-state index contributed by atoms with van der Waals surface area (Å²) < 4.78 is 3.87. The van der Waals surface area contributed by atoms with E-state index >= 15 is 0 Å². The molecule has 0 bridgehead atoms. The second kappa shape index (κ2) is 11.4. The standard InChI is InChI=1S/C20H17N7O7S3/c21-20-24-15(26-37-20)12(25-34-7-11(28)29)16(30)23-13-17(31)27-14(19(32)33)10(8-36-18(13)27)35-5-3-9-2-1-4-22-6-9/h1-6,13,18H,7-8H2,(H,23,30)(H,28,29)(H,32,33)(H2,21,24,26)/b5-3-,25-12+/t13?,18-/m1/s1. The highest BCUT2D eigenvalue weighted by atomic mass is 32.2. The van der Waals surface area contributed by atoms with Crippen LogP contribution in [0.25, 0.3) is 6.08 Å². The number of carboxylic acid groups (broad SMARTS) is 2. The molecule has 4 rings (SSSR count). The number of hydrogen-bond donors (Lipinski definition) is 4. The summed E-state index contributed by atoms with van der Waals surface area (Å²) >= 11 is 3.24. The van der Waals surface area contributed by atoms with Gasteiger partial charge in [0, 0.05) is 34.6 Å². The van der Waals surface area contributed by atoms with E-state index in [-0.39, 0.29) is 22.4 Å². The number of carboxylic acids is 2. The first-order valence-electron chi connectivity index (χ1n) is 10.2. The lowest BCUT2D eigenvalue weighted by Crippen LogP contribution is -2.71. The highest BCUT2D eigenvalue weighted by Gasteiger charge is 2.54. The van der Waals surface area contributed by atoms with E-state index in [9.17, 15) is 24.3 Å². The minimum Gasteiger partial charge on any atom is -0.479 e. The average molecular weight is 564 g/mol. The number of nitrogens with zero attached hydrogens (tertiary/aromatic N) is 5. The van der Waals surface area contributed by atoms with Crippen LogP contribution >= 0.6 is 35.1 Å². The molecule has 2 aliphatic heterocycles. The minimum absolute atomic E-state index is 0.0290. The van der Waals surface area contributed by atoms with Crippen LogP contribution in [0.15, 0.2) is 45.7 Å². The lowest BCUT2D eigenvalue weighted by atomic mass is 10.0. The SMILES string of the molecule is Nc1nc(/C(=N\OCC(=O)O)C(=O)NC2C(=O)N3C(C(=O)O)=C(S/C=C\c4cccnc4)CS[C@H]23)ns1. The van der Waals surface area contributed by atoms with Gasteiger partial charge in [0.2, 0.25) is 18.1 Å². The van der Waals surface area contributed by atoms with Crippen molar-refractivity contribution in [1.82, 2.24) is 24.6 Å². The van der Waals surface area contributed by atoms with Crippen LogP contribution in [0.1, 0.15) is 11.4 Å². The Morgan fingerprint density at radius 1 is 1.38 bits per heavy atom. The molecule has 192 valence electrons. The summed E-state index contributed by atoms with van der Waals surface area (Å²) in [6.07, 6.45) is 5.06. The molecule has 14 nitrogen and oxygen atoms in total. The zero-order chi connectivity index (χ0) is 26.5. The Bertz CT molecular complexity index is 1330. The number of hydrogen-bond acceptors (Lipinski definition) is 13. The van der Waals surface area contributed by atoms with Crippen molar-refractivity contribution < 1.29 is 34.2 Å². The maximum atomic E-state index is 12.9. The number of carbonyl (C=O) groups is 4. The monoisotopic (exact) mass is 563 g/mol. The van der Waals surface area contributed by atoms with Crippen molar-refractivity contribution in [3.05, 3.63) is 51.9 Å². The Hall–Kier alpha value is -3.96. The molecule has 5 N–H and O–H groups in total. The number of fused-ring (bicyclic) bond motifs is 1. The van der Waals surface area contributed by atoms with Crippen molar-refractivity contribution in [2.24, 2.45) is 5.16 Å². The summed E-state index contributed by atoms with van der Waals surface area (Å²) in [4.78, 5) is 62.7. The number of thioether (sulfide) groups is 2. The molecule has 0 saturated carbocycles. The number of nitrogens with one attached hydrogen (secondary N) is 1. The fourth-order valence-corrected chi connectivity index (χ4v) is 6.02. The quantitative estimate of drug-likeness (QED) is 0.176. The van der Waals surface area contributed by atoms with E-state index in [2.05, 4.69) is 29.7 Å². The molecular weight excluding hydrogens is 546 g/mol. The largest absolute Gasteiger partial charge is 0.479 e. The Morgan fingerprint density at radius 2 is 2.19 bits per heavy atom. The van der Waals surface area contributed by atoms with Crippen molar-refractivity contribution >= 4 is 75.7 Å². The maximum absolute atomic E-state index is 12.9. The molecule has 0 aliphatic carbocycles. The molecule has 2 amide bonds. The van der Waals surface area contributed by atoms with Gasteiger partial charge in [0.1, 0.15) is 17.1 Å². The van der Waals surface area contributed by atoms with Crippen LogP contribution in [-0.2, 0) is 24.0 Å². The highest BCUT2D eigenvalue weighted by molar-refractivity contribution is 8.08. The molecule has 1 saturated heterocycles. The molecular formula is C20H17N7O7S3. The lowest BCUT2D eigenvalue weighted by molar-refractivity contribution is -0.150. The molecule has 0 aromatic carbocycles. The number of nitrogens with two attached hydrogens (primary N) is 1.